The Labute approximate surface area is 188 Å². The minimum Gasteiger partial charge on any atom is -0.494 e. The van der Waals surface area contributed by atoms with Crippen molar-refractivity contribution in [1.82, 2.24) is 4.98 Å². The maximum atomic E-state index is 13.5. The lowest BCUT2D eigenvalue weighted by Gasteiger charge is -2.23. The van der Waals surface area contributed by atoms with E-state index in [1.165, 1.54) is 11.1 Å². The number of aryl methyl sites for hydroxylation is 2. The molecule has 1 atom stereocenters. The van der Waals surface area contributed by atoms with E-state index < -0.39 is 0 Å². The van der Waals surface area contributed by atoms with Crippen LogP contribution in [0.4, 0.5) is 5.13 Å². The fraction of sp³-hybridized carbons (Fsp3) is 0.440. The number of carbonyl (C=O) groups is 1. The molecule has 3 aromatic rings. The summed E-state index contributed by atoms with van der Waals surface area (Å²) >= 11 is 1.57. The van der Waals surface area contributed by atoms with Crippen molar-refractivity contribution in [2.75, 3.05) is 24.7 Å². The Balaban J connectivity index is 1.60. The lowest BCUT2D eigenvalue weighted by molar-refractivity contribution is 0.0917. The van der Waals surface area contributed by atoms with Crippen molar-refractivity contribution < 1.29 is 14.3 Å². The van der Waals surface area contributed by atoms with Gasteiger partial charge in [0.05, 0.1) is 29.5 Å². The number of carbonyl (C=O) groups excluding carboxylic acids is 1. The summed E-state index contributed by atoms with van der Waals surface area (Å²) in [5.74, 6) is 0.740. The normalized spacial score (nSPS) is 16.0. The Morgan fingerprint density at radius 1 is 1.23 bits per heavy atom. The minimum absolute atomic E-state index is 0.0519. The third-order valence-corrected chi connectivity index (χ3v) is 6.79. The molecule has 6 heteroatoms. The SMILES string of the molecule is CCCCOc1ccc(C(=O)N(CC2CCCO2)c2nc3cc(C)c(C)cc3s2)cc1. The molecule has 2 aromatic carbocycles. The number of benzene rings is 2. The second-order valence-electron chi connectivity index (χ2n) is 8.18. The molecule has 0 bridgehead atoms. The molecular weight excluding hydrogens is 408 g/mol. The van der Waals surface area contributed by atoms with Crippen LogP contribution in [0, 0.1) is 13.8 Å². The van der Waals surface area contributed by atoms with Crippen molar-refractivity contribution in [1.29, 1.82) is 0 Å². The Morgan fingerprint density at radius 2 is 2.00 bits per heavy atom. The standard InChI is InChI=1S/C25H30N2O3S/c1-4-5-12-29-20-10-8-19(9-11-20)24(28)27(16-21-7-6-13-30-21)25-26-22-14-17(2)18(3)15-23(22)31-25/h8-11,14-15,21H,4-7,12-13,16H2,1-3H3. The van der Waals surface area contributed by atoms with Gasteiger partial charge in [-0.2, -0.15) is 0 Å². The van der Waals surface area contributed by atoms with E-state index in [2.05, 4.69) is 32.9 Å². The van der Waals surface area contributed by atoms with E-state index in [1.54, 1.807) is 16.2 Å². The smallest absolute Gasteiger partial charge is 0.260 e. The van der Waals surface area contributed by atoms with Crippen LogP contribution < -0.4 is 9.64 Å². The first-order valence-corrected chi connectivity index (χ1v) is 11.9. The van der Waals surface area contributed by atoms with Crippen LogP contribution in [-0.2, 0) is 4.74 Å². The molecule has 0 aliphatic carbocycles. The van der Waals surface area contributed by atoms with Gasteiger partial charge in [0.1, 0.15) is 5.75 Å². The third kappa shape index (κ3) is 5.08. The molecule has 1 fully saturated rings. The molecule has 0 radical (unpaired) electrons. The molecule has 31 heavy (non-hydrogen) atoms. The highest BCUT2D eigenvalue weighted by Crippen LogP contribution is 2.32. The van der Waals surface area contributed by atoms with Crippen LogP contribution in [0.5, 0.6) is 5.75 Å². The van der Waals surface area contributed by atoms with E-state index in [1.807, 2.05) is 24.3 Å². The van der Waals surface area contributed by atoms with Gasteiger partial charge < -0.3 is 9.47 Å². The summed E-state index contributed by atoms with van der Waals surface area (Å²) in [6, 6.07) is 11.7. The third-order valence-electron chi connectivity index (χ3n) is 5.75. The van der Waals surface area contributed by atoms with E-state index in [-0.39, 0.29) is 12.0 Å². The van der Waals surface area contributed by atoms with Crippen LogP contribution in [-0.4, -0.2) is 36.8 Å². The first-order chi connectivity index (χ1) is 15.0. The van der Waals surface area contributed by atoms with Crippen LogP contribution >= 0.6 is 11.3 Å². The molecule has 1 saturated heterocycles. The summed E-state index contributed by atoms with van der Waals surface area (Å²) in [6.07, 6.45) is 4.17. The maximum absolute atomic E-state index is 13.5. The largest absolute Gasteiger partial charge is 0.494 e. The highest BCUT2D eigenvalue weighted by Gasteiger charge is 2.27. The monoisotopic (exact) mass is 438 g/mol. The summed E-state index contributed by atoms with van der Waals surface area (Å²) in [4.78, 5) is 20.1. The predicted molar refractivity (Wildman–Crippen MR) is 127 cm³/mol. The molecule has 0 N–H and O–H groups in total. The van der Waals surface area contributed by atoms with Gasteiger partial charge in [0, 0.05) is 12.2 Å². The Bertz CT molecular complexity index is 1000. The Hall–Kier alpha value is -2.44. The topological polar surface area (TPSA) is 51.7 Å². The van der Waals surface area contributed by atoms with Gasteiger partial charge in [-0.05, 0) is 80.6 Å². The van der Waals surface area contributed by atoms with Crippen molar-refractivity contribution in [3.63, 3.8) is 0 Å². The second kappa shape index (κ2) is 9.79. The van der Waals surface area contributed by atoms with Gasteiger partial charge >= 0.3 is 0 Å². The van der Waals surface area contributed by atoms with Crippen molar-refractivity contribution in [2.24, 2.45) is 0 Å². The Morgan fingerprint density at radius 3 is 2.71 bits per heavy atom. The van der Waals surface area contributed by atoms with Gasteiger partial charge in [0.25, 0.3) is 5.91 Å². The summed E-state index contributed by atoms with van der Waals surface area (Å²) in [7, 11) is 0. The van der Waals surface area contributed by atoms with Crippen LogP contribution in [0.1, 0.15) is 54.1 Å². The van der Waals surface area contributed by atoms with Crippen LogP contribution in [0.2, 0.25) is 0 Å². The molecule has 5 nitrogen and oxygen atoms in total. The molecule has 0 spiro atoms. The number of nitrogens with zero attached hydrogens (tertiary/aromatic N) is 2. The second-order valence-corrected chi connectivity index (χ2v) is 9.19. The number of rotatable bonds is 8. The van der Waals surface area contributed by atoms with Gasteiger partial charge in [-0.3, -0.25) is 9.69 Å². The summed E-state index contributed by atoms with van der Waals surface area (Å²) < 4.78 is 12.7. The zero-order valence-corrected chi connectivity index (χ0v) is 19.3. The summed E-state index contributed by atoms with van der Waals surface area (Å²) in [5.41, 5.74) is 4.01. The van der Waals surface area contributed by atoms with Crippen molar-refractivity contribution >= 4 is 32.6 Å². The van der Waals surface area contributed by atoms with Crippen LogP contribution in [0.25, 0.3) is 10.2 Å². The van der Waals surface area contributed by atoms with Gasteiger partial charge in [-0.15, -0.1) is 0 Å². The van der Waals surface area contributed by atoms with Gasteiger partial charge in [-0.1, -0.05) is 24.7 Å². The molecule has 1 aliphatic heterocycles. The van der Waals surface area contributed by atoms with E-state index in [0.29, 0.717) is 18.7 Å². The number of fused-ring (bicyclic) bond motifs is 1. The lowest BCUT2D eigenvalue weighted by atomic mass is 10.1. The van der Waals surface area contributed by atoms with Crippen LogP contribution in [0.15, 0.2) is 36.4 Å². The number of ether oxygens (including phenoxy) is 2. The molecular formula is C25H30N2O3S. The highest BCUT2D eigenvalue weighted by molar-refractivity contribution is 7.22. The number of aromatic nitrogens is 1. The number of thiazole rings is 1. The van der Waals surface area contributed by atoms with E-state index in [9.17, 15) is 4.79 Å². The maximum Gasteiger partial charge on any atom is 0.260 e. The van der Waals surface area contributed by atoms with Crippen molar-refractivity contribution in [3.05, 3.63) is 53.1 Å². The van der Waals surface area contributed by atoms with Crippen molar-refractivity contribution in [3.8, 4) is 5.75 Å². The lowest BCUT2D eigenvalue weighted by Crippen LogP contribution is -2.37. The molecule has 4 rings (SSSR count). The average molecular weight is 439 g/mol. The number of unbranched alkanes of at least 4 members (excludes halogenated alkanes) is 1. The van der Waals surface area contributed by atoms with Gasteiger partial charge in [0.15, 0.2) is 5.13 Å². The molecule has 164 valence electrons. The van der Waals surface area contributed by atoms with Crippen molar-refractivity contribution in [2.45, 2.75) is 52.6 Å². The minimum atomic E-state index is -0.0527. The first kappa shape index (κ1) is 21.8. The van der Waals surface area contributed by atoms with Gasteiger partial charge in [0.2, 0.25) is 0 Å². The first-order valence-electron chi connectivity index (χ1n) is 11.1. The number of hydrogen-bond acceptors (Lipinski definition) is 5. The fourth-order valence-corrected chi connectivity index (χ4v) is 4.76. The van der Waals surface area contributed by atoms with Crippen LogP contribution in [0.3, 0.4) is 0 Å². The average Bonchev–Trinajstić information content (AvgIpc) is 3.42. The summed E-state index contributed by atoms with van der Waals surface area (Å²) in [6.45, 7) is 8.30. The molecule has 2 heterocycles. The zero-order chi connectivity index (χ0) is 21.8. The summed E-state index contributed by atoms with van der Waals surface area (Å²) in [5, 5.41) is 0.726. The predicted octanol–water partition coefficient (Wildman–Crippen LogP) is 5.92. The number of amides is 1. The number of anilines is 1. The molecule has 0 saturated carbocycles. The Kier molecular flexibility index (Phi) is 6.88. The fourth-order valence-electron chi connectivity index (χ4n) is 3.71. The van der Waals surface area contributed by atoms with E-state index >= 15 is 0 Å². The van der Waals surface area contributed by atoms with E-state index in [0.717, 1.165) is 53.4 Å². The number of hydrogen-bond donors (Lipinski definition) is 0. The molecule has 1 amide bonds. The highest BCUT2D eigenvalue weighted by atomic mass is 32.1. The zero-order valence-electron chi connectivity index (χ0n) is 18.5. The van der Waals surface area contributed by atoms with E-state index in [4.69, 9.17) is 14.5 Å². The quantitative estimate of drug-likeness (QED) is 0.410. The molecule has 1 aromatic heterocycles. The molecule has 1 aliphatic rings. The molecule has 1 unspecified atom stereocenters. The van der Waals surface area contributed by atoms with Gasteiger partial charge in [-0.25, -0.2) is 4.98 Å².